The first-order chi connectivity index (χ1) is 12.0. The Bertz CT molecular complexity index is 446. The van der Waals surface area contributed by atoms with E-state index in [4.69, 9.17) is 5.11 Å². The van der Waals surface area contributed by atoms with E-state index in [2.05, 4.69) is 24.2 Å². The van der Waals surface area contributed by atoms with Crippen LogP contribution in [0.25, 0.3) is 0 Å². The maximum Gasteiger partial charge on any atom is 0.307 e. The van der Waals surface area contributed by atoms with E-state index in [1.54, 1.807) is 0 Å². The number of carboxylic acid groups (broad SMARTS) is 1. The molecule has 2 fully saturated rings. The SMILES string of the molecule is C1CCNCC1.CC1CCN(C)CC1.O=C(O)Cc1ccc(F)cc1. The monoisotopic (exact) mass is 352 g/mol. The zero-order chi connectivity index (χ0) is 18.5. The average Bonchev–Trinajstić information content (AvgIpc) is 2.62. The molecule has 2 N–H and O–H groups in total. The Kier molecular flexibility index (Phi) is 11.1. The van der Waals surface area contributed by atoms with Crippen molar-refractivity contribution >= 4 is 5.97 Å². The van der Waals surface area contributed by atoms with Crippen LogP contribution in [0.2, 0.25) is 0 Å². The van der Waals surface area contributed by atoms with E-state index in [1.165, 1.54) is 82.5 Å². The van der Waals surface area contributed by atoms with Gasteiger partial charge in [-0.05, 0) is 82.5 Å². The first kappa shape index (κ1) is 21.6. The van der Waals surface area contributed by atoms with Crippen LogP contribution in [0.4, 0.5) is 4.39 Å². The number of aliphatic carboxylic acids is 1. The number of hydrogen-bond donors (Lipinski definition) is 2. The molecule has 0 radical (unpaired) electrons. The summed E-state index contributed by atoms with van der Waals surface area (Å²) in [5, 5.41) is 11.6. The van der Waals surface area contributed by atoms with E-state index >= 15 is 0 Å². The van der Waals surface area contributed by atoms with Crippen molar-refractivity contribution in [3.63, 3.8) is 0 Å². The lowest BCUT2D eigenvalue weighted by atomic mass is 10.00. The van der Waals surface area contributed by atoms with E-state index in [0.29, 0.717) is 5.56 Å². The van der Waals surface area contributed by atoms with Gasteiger partial charge in [0.1, 0.15) is 5.82 Å². The normalized spacial score (nSPS) is 18.4. The second-order valence-corrected chi connectivity index (χ2v) is 6.99. The molecule has 142 valence electrons. The molecule has 2 saturated heterocycles. The largest absolute Gasteiger partial charge is 0.481 e. The smallest absolute Gasteiger partial charge is 0.307 e. The third-order valence-electron chi connectivity index (χ3n) is 4.48. The van der Waals surface area contributed by atoms with E-state index < -0.39 is 5.97 Å². The van der Waals surface area contributed by atoms with Crippen LogP contribution in [0.3, 0.4) is 0 Å². The minimum Gasteiger partial charge on any atom is -0.481 e. The molecule has 3 rings (SSSR count). The lowest BCUT2D eigenvalue weighted by molar-refractivity contribution is -0.136. The summed E-state index contributed by atoms with van der Waals surface area (Å²) in [6.07, 6.45) is 6.96. The van der Waals surface area contributed by atoms with Crippen LogP contribution in [0.5, 0.6) is 0 Å². The molecular formula is C20H33FN2O2. The van der Waals surface area contributed by atoms with Gasteiger partial charge < -0.3 is 15.3 Å². The number of likely N-dealkylation sites (tertiary alicyclic amines) is 1. The van der Waals surface area contributed by atoms with E-state index in [0.717, 1.165) is 5.92 Å². The topological polar surface area (TPSA) is 52.6 Å². The molecule has 2 aliphatic rings. The zero-order valence-corrected chi connectivity index (χ0v) is 15.6. The lowest BCUT2D eigenvalue weighted by Crippen LogP contribution is -2.28. The fraction of sp³-hybridized carbons (Fsp3) is 0.650. The molecule has 1 aromatic carbocycles. The number of rotatable bonds is 2. The van der Waals surface area contributed by atoms with Gasteiger partial charge in [-0.1, -0.05) is 25.5 Å². The van der Waals surface area contributed by atoms with Crippen LogP contribution in [0.1, 0.15) is 44.6 Å². The number of benzene rings is 1. The van der Waals surface area contributed by atoms with Crippen LogP contribution in [0, 0.1) is 11.7 Å². The second kappa shape index (κ2) is 12.8. The molecule has 25 heavy (non-hydrogen) atoms. The molecule has 0 unspecified atom stereocenters. The van der Waals surface area contributed by atoms with E-state index in [1.807, 2.05) is 0 Å². The summed E-state index contributed by atoms with van der Waals surface area (Å²) in [4.78, 5) is 12.6. The molecule has 0 amide bonds. The summed E-state index contributed by atoms with van der Waals surface area (Å²) in [5.41, 5.74) is 0.610. The Morgan fingerprint density at radius 2 is 1.72 bits per heavy atom. The van der Waals surface area contributed by atoms with Crippen molar-refractivity contribution in [1.29, 1.82) is 0 Å². The summed E-state index contributed by atoms with van der Waals surface area (Å²) in [7, 11) is 2.20. The van der Waals surface area contributed by atoms with Crippen molar-refractivity contribution in [3.8, 4) is 0 Å². The molecule has 2 aliphatic heterocycles. The van der Waals surface area contributed by atoms with Gasteiger partial charge in [-0.15, -0.1) is 0 Å². The maximum atomic E-state index is 12.3. The molecule has 1 aromatic rings. The molecule has 0 aliphatic carbocycles. The van der Waals surface area contributed by atoms with Gasteiger partial charge in [0.2, 0.25) is 0 Å². The van der Waals surface area contributed by atoms with Crippen LogP contribution < -0.4 is 5.32 Å². The fourth-order valence-corrected chi connectivity index (χ4v) is 2.72. The number of halogens is 1. The minimum absolute atomic E-state index is 0.0553. The number of nitrogens with one attached hydrogen (secondary N) is 1. The Hall–Kier alpha value is -1.46. The van der Waals surface area contributed by atoms with Gasteiger partial charge in [0.25, 0.3) is 0 Å². The first-order valence-corrected chi connectivity index (χ1v) is 9.33. The molecule has 0 saturated carbocycles. The van der Waals surface area contributed by atoms with Gasteiger partial charge in [0, 0.05) is 0 Å². The molecule has 0 atom stereocenters. The summed E-state index contributed by atoms with van der Waals surface area (Å²) < 4.78 is 12.3. The van der Waals surface area contributed by atoms with Crippen molar-refractivity contribution in [2.24, 2.45) is 5.92 Å². The fourth-order valence-electron chi connectivity index (χ4n) is 2.72. The summed E-state index contributed by atoms with van der Waals surface area (Å²) >= 11 is 0. The summed E-state index contributed by atoms with van der Waals surface area (Å²) in [6.45, 7) is 7.45. The molecule has 0 aromatic heterocycles. The quantitative estimate of drug-likeness (QED) is 0.854. The Balaban J connectivity index is 0.000000197. The number of nitrogens with zero attached hydrogens (tertiary/aromatic N) is 1. The van der Waals surface area contributed by atoms with E-state index in [9.17, 15) is 9.18 Å². The van der Waals surface area contributed by atoms with Crippen LogP contribution in [-0.4, -0.2) is 49.2 Å². The molecular weight excluding hydrogens is 319 g/mol. The van der Waals surface area contributed by atoms with E-state index in [-0.39, 0.29) is 12.2 Å². The van der Waals surface area contributed by atoms with Gasteiger partial charge >= 0.3 is 5.97 Å². The highest BCUT2D eigenvalue weighted by molar-refractivity contribution is 5.70. The first-order valence-electron chi connectivity index (χ1n) is 9.33. The van der Waals surface area contributed by atoms with Gasteiger partial charge in [0.05, 0.1) is 6.42 Å². The van der Waals surface area contributed by atoms with Crippen molar-refractivity contribution in [3.05, 3.63) is 35.6 Å². The average molecular weight is 352 g/mol. The summed E-state index contributed by atoms with van der Waals surface area (Å²) in [6, 6.07) is 5.42. The molecule has 0 bridgehead atoms. The maximum absolute atomic E-state index is 12.3. The van der Waals surface area contributed by atoms with Crippen LogP contribution >= 0.6 is 0 Å². The zero-order valence-electron chi connectivity index (χ0n) is 15.6. The highest BCUT2D eigenvalue weighted by atomic mass is 19.1. The number of piperidine rings is 2. The molecule has 2 heterocycles. The number of carboxylic acids is 1. The van der Waals surface area contributed by atoms with Gasteiger partial charge in [-0.25, -0.2) is 4.39 Å². The van der Waals surface area contributed by atoms with Crippen LogP contribution in [0.15, 0.2) is 24.3 Å². The molecule has 4 nitrogen and oxygen atoms in total. The number of hydrogen-bond acceptors (Lipinski definition) is 3. The van der Waals surface area contributed by atoms with Crippen molar-refractivity contribution in [1.82, 2.24) is 10.2 Å². The highest BCUT2D eigenvalue weighted by Crippen LogP contribution is 2.13. The third kappa shape index (κ3) is 11.7. The second-order valence-electron chi connectivity index (χ2n) is 6.99. The molecule has 5 heteroatoms. The minimum atomic E-state index is -0.906. The lowest BCUT2D eigenvalue weighted by Gasteiger charge is -2.26. The van der Waals surface area contributed by atoms with Crippen molar-refractivity contribution in [2.45, 2.75) is 45.4 Å². The van der Waals surface area contributed by atoms with Crippen molar-refractivity contribution in [2.75, 3.05) is 33.2 Å². The predicted molar refractivity (Wildman–Crippen MR) is 100 cm³/mol. The van der Waals surface area contributed by atoms with Gasteiger partial charge in [-0.3, -0.25) is 4.79 Å². The predicted octanol–water partition coefficient (Wildman–Crippen LogP) is 3.56. The molecule has 0 spiro atoms. The van der Waals surface area contributed by atoms with Crippen LogP contribution in [-0.2, 0) is 11.2 Å². The Morgan fingerprint density at radius 1 is 1.16 bits per heavy atom. The number of carbonyl (C=O) groups is 1. The highest BCUT2D eigenvalue weighted by Gasteiger charge is 2.10. The van der Waals surface area contributed by atoms with Crippen molar-refractivity contribution < 1.29 is 14.3 Å². The summed E-state index contributed by atoms with van der Waals surface area (Å²) in [5.74, 6) is -0.276. The van der Waals surface area contributed by atoms with Gasteiger partial charge in [-0.2, -0.15) is 0 Å². The Labute approximate surface area is 151 Å². The standard InChI is InChI=1S/C8H7FO2.C7H15N.C5H11N/c9-7-3-1-6(2-4-7)5-8(10)11;1-7-3-5-8(2)6-4-7;1-2-4-6-5-3-1/h1-4H,5H2,(H,10,11);7H,3-6H2,1-2H3;6H,1-5H2. The third-order valence-corrected chi connectivity index (χ3v) is 4.48. The van der Waals surface area contributed by atoms with Gasteiger partial charge in [0.15, 0.2) is 0 Å². The Morgan fingerprint density at radius 3 is 2.08 bits per heavy atom.